The zero-order chi connectivity index (χ0) is 17.9. The van der Waals surface area contributed by atoms with E-state index in [4.69, 9.17) is 16.3 Å². The maximum Gasteiger partial charge on any atom is 0.319 e. The summed E-state index contributed by atoms with van der Waals surface area (Å²) in [6, 6.07) is 14.7. The summed E-state index contributed by atoms with van der Waals surface area (Å²) in [5.74, 6) is 0.856. The number of ether oxygens (including phenoxy) is 1. The number of nitrogens with one attached hydrogen (secondary N) is 2. The van der Waals surface area contributed by atoms with Crippen LogP contribution in [0.5, 0.6) is 5.75 Å². The number of fused-ring (bicyclic) bond motifs is 1. The van der Waals surface area contributed by atoms with Crippen LogP contribution in [0, 0.1) is 0 Å². The van der Waals surface area contributed by atoms with Gasteiger partial charge in [0.25, 0.3) is 0 Å². The summed E-state index contributed by atoms with van der Waals surface area (Å²) in [5.41, 5.74) is 1.48. The molecule has 132 valence electrons. The summed E-state index contributed by atoms with van der Waals surface area (Å²) in [5, 5.41) is 6.60. The van der Waals surface area contributed by atoms with Gasteiger partial charge in [-0.15, -0.1) is 0 Å². The van der Waals surface area contributed by atoms with Gasteiger partial charge in [-0.2, -0.15) is 0 Å². The van der Waals surface area contributed by atoms with Crippen LogP contribution in [0.25, 0.3) is 0 Å². The molecular formula is C20H23ClN2O2. The number of carbonyl (C=O) groups excluding carboxylic acids is 1. The molecule has 3 rings (SSSR count). The predicted octanol–water partition coefficient (Wildman–Crippen LogP) is 5.54. The van der Waals surface area contributed by atoms with E-state index >= 15 is 0 Å². The van der Waals surface area contributed by atoms with Gasteiger partial charge in [-0.25, -0.2) is 4.79 Å². The Kier molecular flexibility index (Phi) is 5.19. The molecule has 1 atom stereocenters. The summed E-state index contributed by atoms with van der Waals surface area (Å²) < 4.78 is 6.27. The van der Waals surface area contributed by atoms with Crippen molar-refractivity contribution in [3.63, 3.8) is 0 Å². The molecule has 0 saturated heterocycles. The average Bonchev–Trinajstić information content (AvgIpc) is 2.63. The van der Waals surface area contributed by atoms with Gasteiger partial charge in [0.2, 0.25) is 0 Å². The van der Waals surface area contributed by atoms with Crippen LogP contribution in [0.4, 0.5) is 10.5 Å². The minimum Gasteiger partial charge on any atom is -0.487 e. The number of anilines is 1. The van der Waals surface area contributed by atoms with Crippen LogP contribution in [0.2, 0.25) is 5.02 Å². The summed E-state index contributed by atoms with van der Waals surface area (Å²) in [4.78, 5) is 12.5. The van der Waals surface area contributed by atoms with Crippen molar-refractivity contribution in [1.82, 2.24) is 5.32 Å². The summed E-state index contributed by atoms with van der Waals surface area (Å²) in [7, 11) is 0. The molecule has 1 heterocycles. The van der Waals surface area contributed by atoms with Crippen LogP contribution in [0.1, 0.15) is 44.7 Å². The number of para-hydroxylation sites is 1. The molecular weight excluding hydrogens is 336 g/mol. The van der Waals surface area contributed by atoms with Gasteiger partial charge in [0.05, 0.1) is 6.04 Å². The zero-order valence-electron chi connectivity index (χ0n) is 14.5. The van der Waals surface area contributed by atoms with E-state index in [0.717, 1.165) is 30.6 Å². The fourth-order valence-corrected chi connectivity index (χ4v) is 3.41. The molecule has 2 N–H and O–H groups in total. The third-order valence-corrected chi connectivity index (χ3v) is 5.15. The molecule has 2 amide bonds. The average molecular weight is 359 g/mol. The Hall–Kier alpha value is -2.20. The smallest absolute Gasteiger partial charge is 0.319 e. The van der Waals surface area contributed by atoms with Crippen molar-refractivity contribution < 1.29 is 9.53 Å². The molecule has 2 aromatic rings. The number of carbonyl (C=O) groups is 1. The van der Waals surface area contributed by atoms with Gasteiger partial charge in [-0.3, -0.25) is 0 Å². The molecule has 4 nitrogen and oxygen atoms in total. The normalized spacial score (nSPS) is 18.0. The number of hydrogen-bond acceptors (Lipinski definition) is 2. The third kappa shape index (κ3) is 3.90. The number of urea groups is 1. The number of amides is 2. The molecule has 0 aromatic heterocycles. The van der Waals surface area contributed by atoms with Gasteiger partial charge in [-0.05, 0) is 43.2 Å². The first-order valence-corrected chi connectivity index (χ1v) is 9.04. The fourth-order valence-electron chi connectivity index (χ4n) is 3.29. The molecule has 0 aliphatic carbocycles. The van der Waals surface area contributed by atoms with Crippen LogP contribution in [-0.4, -0.2) is 11.6 Å². The molecule has 0 spiro atoms. The number of hydrogen-bond donors (Lipinski definition) is 2. The minimum absolute atomic E-state index is 0.0860. The molecule has 0 unspecified atom stereocenters. The second-order valence-corrected chi connectivity index (χ2v) is 6.83. The predicted molar refractivity (Wildman–Crippen MR) is 101 cm³/mol. The first-order chi connectivity index (χ1) is 12.0. The Morgan fingerprint density at radius 1 is 1.16 bits per heavy atom. The van der Waals surface area contributed by atoms with Crippen molar-refractivity contribution in [2.75, 3.05) is 5.32 Å². The van der Waals surface area contributed by atoms with Crippen LogP contribution in [0.15, 0.2) is 48.5 Å². The van der Waals surface area contributed by atoms with Gasteiger partial charge in [-0.1, -0.05) is 43.6 Å². The zero-order valence-corrected chi connectivity index (χ0v) is 15.3. The van der Waals surface area contributed by atoms with E-state index < -0.39 is 0 Å². The van der Waals surface area contributed by atoms with Crippen molar-refractivity contribution in [1.29, 1.82) is 0 Å². The first kappa shape index (κ1) is 17.6. The molecule has 1 aliphatic heterocycles. The Labute approximate surface area is 153 Å². The van der Waals surface area contributed by atoms with Crippen molar-refractivity contribution >= 4 is 23.3 Å². The Morgan fingerprint density at radius 2 is 1.84 bits per heavy atom. The fraction of sp³-hybridized carbons (Fsp3) is 0.350. The molecule has 1 aliphatic rings. The van der Waals surface area contributed by atoms with E-state index in [1.807, 2.05) is 24.3 Å². The molecule has 0 bridgehead atoms. The lowest BCUT2D eigenvalue weighted by Gasteiger charge is -2.41. The topological polar surface area (TPSA) is 50.4 Å². The minimum atomic E-state index is -0.243. The summed E-state index contributed by atoms with van der Waals surface area (Å²) >= 11 is 5.88. The van der Waals surface area contributed by atoms with Gasteiger partial charge in [0, 0.05) is 22.7 Å². The van der Waals surface area contributed by atoms with E-state index in [2.05, 4.69) is 24.5 Å². The molecule has 0 saturated carbocycles. The van der Waals surface area contributed by atoms with E-state index in [0.29, 0.717) is 10.7 Å². The molecule has 2 aromatic carbocycles. The highest BCUT2D eigenvalue weighted by Gasteiger charge is 2.38. The Morgan fingerprint density at radius 3 is 2.52 bits per heavy atom. The maximum absolute atomic E-state index is 12.5. The van der Waals surface area contributed by atoms with Crippen LogP contribution in [-0.2, 0) is 0 Å². The molecule has 5 heteroatoms. The molecule has 0 radical (unpaired) electrons. The lowest BCUT2D eigenvalue weighted by atomic mass is 9.83. The highest BCUT2D eigenvalue weighted by atomic mass is 35.5. The van der Waals surface area contributed by atoms with Gasteiger partial charge in [0.1, 0.15) is 11.4 Å². The quantitative estimate of drug-likeness (QED) is 0.753. The number of halogens is 1. The second kappa shape index (κ2) is 7.36. The SMILES string of the molecule is CCC1(CC)C[C@@H](NC(=O)Nc2ccc(Cl)cc2)c2ccccc2O1. The van der Waals surface area contributed by atoms with Gasteiger partial charge < -0.3 is 15.4 Å². The Bertz CT molecular complexity index is 742. The third-order valence-electron chi connectivity index (χ3n) is 4.89. The van der Waals surface area contributed by atoms with Crippen molar-refractivity contribution in [2.45, 2.75) is 44.8 Å². The monoisotopic (exact) mass is 358 g/mol. The second-order valence-electron chi connectivity index (χ2n) is 6.39. The Balaban J connectivity index is 1.78. The van der Waals surface area contributed by atoms with Crippen molar-refractivity contribution in [3.05, 3.63) is 59.1 Å². The lowest BCUT2D eigenvalue weighted by Crippen LogP contribution is -2.45. The largest absolute Gasteiger partial charge is 0.487 e. The number of rotatable bonds is 4. The van der Waals surface area contributed by atoms with Crippen LogP contribution >= 0.6 is 11.6 Å². The summed E-state index contributed by atoms with van der Waals surface area (Å²) in [6.45, 7) is 4.25. The number of benzene rings is 2. The molecule has 25 heavy (non-hydrogen) atoms. The first-order valence-electron chi connectivity index (χ1n) is 8.66. The van der Waals surface area contributed by atoms with Crippen molar-refractivity contribution in [2.24, 2.45) is 0 Å². The maximum atomic E-state index is 12.5. The van der Waals surface area contributed by atoms with Gasteiger partial charge >= 0.3 is 6.03 Å². The van der Waals surface area contributed by atoms with E-state index in [1.54, 1.807) is 24.3 Å². The van der Waals surface area contributed by atoms with E-state index in [-0.39, 0.29) is 17.7 Å². The standard InChI is InChI=1S/C20H23ClN2O2/c1-3-20(4-2)13-17(16-7-5-6-8-18(16)25-20)23-19(24)22-15-11-9-14(21)10-12-15/h5-12,17H,3-4,13H2,1-2H3,(H2,22,23,24)/t17-/m1/s1. The van der Waals surface area contributed by atoms with Crippen LogP contribution < -0.4 is 15.4 Å². The highest BCUT2D eigenvalue weighted by Crippen LogP contribution is 2.42. The summed E-state index contributed by atoms with van der Waals surface area (Å²) in [6.07, 6.45) is 2.55. The van der Waals surface area contributed by atoms with E-state index in [1.165, 1.54) is 0 Å². The lowest BCUT2D eigenvalue weighted by molar-refractivity contribution is 0.0247. The highest BCUT2D eigenvalue weighted by molar-refractivity contribution is 6.30. The van der Waals surface area contributed by atoms with E-state index in [9.17, 15) is 4.79 Å². The van der Waals surface area contributed by atoms with Crippen LogP contribution in [0.3, 0.4) is 0 Å². The molecule has 0 fully saturated rings. The van der Waals surface area contributed by atoms with Crippen molar-refractivity contribution in [3.8, 4) is 5.75 Å². The van der Waals surface area contributed by atoms with Gasteiger partial charge in [0.15, 0.2) is 0 Å².